The van der Waals surface area contributed by atoms with E-state index in [2.05, 4.69) is 20.0 Å². The SMILES string of the molecule is COc1cccc2cc(C(=O)N3CCN(c4ccc(-c5noc(C6CCCC6)n5)cn4)CC3)c(=O)oc12. The van der Waals surface area contributed by atoms with Crippen molar-refractivity contribution >= 4 is 22.7 Å². The van der Waals surface area contributed by atoms with E-state index in [-0.39, 0.29) is 11.5 Å². The number of rotatable bonds is 5. The molecule has 2 aliphatic rings. The van der Waals surface area contributed by atoms with Crippen molar-refractivity contribution in [3.05, 3.63) is 64.5 Å². The van der Waals surface area contributed by atoms with E-state index in [1.807, 2.05) is 12.1 Å². The van der Waals surface area contributed by atoms with Crippen LogP contribution in [0.1, 0.15) is 47.8 Å². The van der Waals surface area contributed by atoms with Crippen LogP contribution in [0.2, 0.25) is 0 Å². The van der Waals surface area contributed by atoms with E-state index in [1.165, 1.54) is 20.0 Å². The Hall–Kier alpha value is -4.21. The molecule has 1 saturated carbocycles. The van der Waals surface area contributed by atoms with Gasteiger partial charge < -0.3 is 23.5 Å². The number of hydrogen-bond donors (Lipinski definition) is 0. The molecule has 1 aromatic carbocycles. The smallest absolute Gasteiger partial charge is 0.349 e. The summed E-state index contributed by atoms with van der Waals surface area (Å²) in [6, 6.07) is 10.7. The third-order valence-corrected chi connectivity index (χ3v) is 7.22. The minimum Gasteiger partial charge on any atom is -0.493 e. The van der Waals surface area contributed by atoms with Gasteiger partial charge in [0.05, 0.1) is 7.11 Å². The number of para-hydroxylation sites is 1. The van der Waals surface area contributed by atoms with Crippen molar-refractivity contribution in [2.75, 3.05) is 38.2 Å². The highest BCUT2D eigenvalue weighted by molar-refractivity contribution is 5.97. The molecule has 6 rings (SSSR count). The molecule has 0 N–H and O–H groups in total. The first-order valence-corrected chi connectivity index (χ1v) is 12.6. The molecule has 1 saturated heterocycles. The van der Waals surface area contributed by atoms with Crippen LogP contribution in [0, 0.1) is 0 Å². The second-order valence-corrected chi connectivity index (χ2v) is 9.45. The number of methoxy groups -OCH3 is 1. The summed E-state index contributed by atoms with van der Waals surface area (Å²) in [4.78, 5) is 38.7. The van der Waals surface area contributed by atoms with Crippen molar-refractivity contribution in [1.29, 1.82) is 0 Å². The Morgan fingerprint density at radius 3 is 2.62 bits per heavy atom. The van der Waals surface area contributed by atoms with E-state index in [1.54, 1.807) is 35.4 Å². The third kappa shape index (κ3) is 4.43. The summed E-state index contributed by atoms with van der Waals surface area (Å²) in [7, 11) is 1.51. The van der Waals surface area contributed by atoms with E-state index in [0.29, 0.717) is 54.6 Å². The predicted molar refractivity (Wildman–Crippen MR) is 136 cm³/mol. The average Bonchev–Trinajstić information content (AvgIpc) is 3.65. The number of carbonyl (C=O) groups is 1. The van der Waals surface area contributed by atoms with Crippen molar-refractivity contribution in [2.24, 2.45) is 0 Å². The third-order valence-electron chi connectivity index (χ3n) is 7.22. The summed E-state index contributed by atoms with van der Waals surface area (Å²) in [5.41, 5.74) is 0.500. The fourth-order valence-corrected chi connectivity index (χ4v) is 5.13. The minimum atomic E-state index is -0.667. The first-order chi connectivity index (χ1) is 18.1. The highest BCUT2D eigenvalue weighted by atomic mass is 16.5. The van der Waals surface area contributed by atoms with Crippen molar-refractivity contribution < 1.29 is 18.5 Å². The molecule has 1 amide bonds. The van der Waals surface area contributed by atoms with Gasteiger partial charge >= 0.3 is 5.63 Å². The highest BCUT2D eigenvalue weighted by Crippen LogP contribution is 2.34. The zero-order valence-corrected chi connectivity index (χ0v) is 20.6. The Morgan fingerprint density at radius 2 is 1.89 bits per heavy atom. The number of hydrogen-bond acceptors (Lipinski definition) is 9. The van der Waals surface area contributed by atoms with Crippen LogP contribution in [0.5, 0.6) is 5.75 Å². The molecule has 2 fully saturated rings. The molecule has 37 heavy (non-hydrogen) atoms. The number of fused-ring (bicyclic) bond motifs is 1. The summed E-state index contributed by atoms with van der Waals surface area (Å²) >= 11 is 0. The maximum absolute atomic E-state index is 13.1. The molecule has 10 nitrogen and oxygen atoms in total. The van der Waals surface area contributed by atoms with E-state index in [4.69, 9.17) is 13.7 Å². The zero-order chi connectivity index (χ0) is 25.4. The van der Waals surface area contributed by atoms with Crippen LogP contribution in [0.15, 0.2) is 56.3 Å². The van der Waals surface area contributed by atoms with E-state index in [0.717, 1.165) is 30.1 Å². The van der Waals surface area contributed by atoms with Crippen molar-refractivity contribution in [2.45, 2.75) is 31.6 Å². The summed E-state index contributed by atoms with van der Waals surface area (Å²) in [5, 5.41) is 4.78. The predicted octanol–water partition coefficient (Wildman–Crippen LogP) is 3.87. The number of ether oxygens (including phenoxy) is 1. The van der Waals surface area contributed by atoms with Crippen LogP contribution in [-0.4, -0.2) is 59.2 Å². The number of benzene rings is 1. The lowest BCUT2D eigenvalue weighted by molar-refractivity contribution is 0.0742. The van der Waals surface area contributed by atoms with Gasteiger partial charge in [0, 0.05) is 49.2 Å². The maximum Gasteiger partial charge on any atom is 0.349 e. The van der Waals surface area contributed by atoms with Crippen LogP contribution >= 0.6 is 0 Å². The van der Waals surface area contributed by atoms with E-state index in [9.17, 15) is 9.59 Å². The molecule has 0 radical (unpaired) electrons. The molecular formula is C27H27N5O5. The van der Waals surface area contributed by atoms with Crippen LogP contribution in [0.25, 0.3) is 22.4 Å². The number of carbonyl (C=O) groups excluding carboxylic acids is 1. The molecule has 0 spiro atoms. The molecule has 0 atom stereocenters. The van der Waals surface area contributed by atoms with Crippen LogP contribution in [0.4, 0.5) is 5.82 Å². The lowest BCUT2D eigenvalue weighted by atomic mass is 10.1. The second kappa shape index (κ2) is 9.68. The zero-order valence-electron chi connectivity index (χ0n) is 20.6. The number of pyridine rings is 1. The number of piperazine rings is 1. The Bertz CT molecular complexity index is 1480. The summed E-state index contributed by atoms with van der Waals surface area (Å²) < 4.78 is 16.2. The number of amides is 1. The number of nitrogens with zero attached hydrogens (tertiary/aromatic N) is 5. The van der Waals surface area contributed by atoms with Gasteiger partial charge in [-0.15, -0.1) is 0 Å². The van der Waals surface area contributed by atoms with Gasteiger partial charge in [-0.05, 0) is 37.1 Å². The summed E-state index contributed by atoms with van der Waals surface area (Å²) in [6.45, 7) is 2.12. The van der Waals surface area contributed by atoms with Gasteiger partial charge in [-0.3, -0.25) is 4.79 Å². The Kier molecular flexibility index (Phi) is 6.07. The fourth-order valence-electron chi connectivity index (χ4n) is 5.13. The molecule has 0 unspecified atom stereocenters. The maximum atomic E-state index is 13.1. The minimum absolute atomic E-state index is 0.0220. The Morgan fingerprint density at radius 1 is 1.08 bits per heavy atom. The summed E-state index contributed by atoms with van der Waals surface area (Å²) in [6.07, 6.45) is 6.39. The van der Waals surface area contributed by atoms with Crippen LogP contribution in [-0.2, 0) is 0 Å². The molecule has 0 bridgehead atoms. The largest absolute Gasteiger partial charge is 0.493 e. The molecule has 4 heterocycles. The molecule has 1 aliphatic carbocycles. The quantitative estimate of drug-likeness (QED) is 0.376. The average molecular weight is 502 g/mol. The molecule has 3 aromatic heterocycles. The lowest BCUT2D eigenvalue weighted by Crippen LogP contribution is -2.49. The lowest BCUT2D eigenvalue weighted by Gasteiger charge is -2.35. The molecule has 190 valence electrons. The van der Waals surface area contributed by atoms with Gasteiger partial charge in [0.15, 0.2) is 11.3 Å². The van der Waals surface area contributed by atoms with Gasteiger partial charge in [-0.25, -0.2) is 9.78 Å². The Labute approximate surface area is 212 Å². The number of anilines is 1. The van der Waals surface area contributed by atoms with Crippen LogP contribution in [0.3, 0.4) is 0 Å². The fraction of sp³-hybridized carbons (Fsp3) is 0.370. The second-order valence-electron chi connectivity index (χ2n) is 9.45. The number of aromatic nitrogens is 3. The first kappa shape index (κ1) is 23.2. The molecule has 4 aromatic rings. The molecule has 1 aliphatic heterocycles. The van der Waals surface area contributed by atoms with Gasteiger partial charge in [-0.1, -0.05) is 30.1 Å². The molecular weight excluding hydrogens is 474 g/mol. The van der Waals surface area contributed by atoms with E-state index >= 15 is 0 Å². The highest BCUT2D eigenvalue weighted by Gasteiger charge is 2.27. The van der Waals surface area contributed by atoms with Crippen molar-refractivity contribution in [3.8, 4) is 17.1 Å². The van der Waals surface area contributed by atoms with Crippen molar-refractivity contribution in [1.82, 2.24) is 20.0 Å². The van der Waals surface area contributed by atoms with Crippen molar-refractivity contribution in [3.63, 3.8) is 0 Å². The monoisotopic (exact) mass is 501 g/mol. The topological polar surface area (TPSA) is 115 Å². The van der Waals surface area contributed by atoms with Crippen LogP contribution < -0.4 is 15.3 Å². The van der Waals surface area contributed by atoms with Gasteiger partial charge in [-0.2, -0.15) is 4.98 Å². The molecule has 10 heteroatoms. The van der Waals surface area contributed by atoms with Gasteiger partial charge in [0.1, 0.15) is 11.4 Å². The van der Waals surface area contributed by atoms with Gasteiger partial charge in [0.2, 0.25) is 11.7 Å². The first-order valence-electron chi connectivity index (χ1n) is 12.6. The summed E-state index contributed by atoms with van der Waals surface area (Å²) in [5.74, 6) is 2.58. The van der Waals surface area contributed by atoms with E-state index < -0.39 is 5.63 Å². The Balaban J connectivity index is 1.11. The standard InChI is InChI=1S/C27H27N5O5/c1-35-21-8-4-7-18-15-20(27(34)36-23(18)21)26(33)32-13-11-31(12-14-32)22-10-9-19(16-28-22)24-29-25(37-30-24)17-5-2-3-6-17/h4,7-10,15-17H,2-3,5-6,11-14H2,1H3. The van der Waals surface area contributed by atoms with Gasteiger partial charge in [0.25, 0.3) is 5.91 Å². The normalized spacial score (nSPS) is 16.5.